The van der Waals surface area contributed by atoms with Gasteiger partial charge in [-0.25, -0.2) is 13.6 Å². The van der Waals surface area contributed by atoms with E-state index in [0.717, 1.165) is 0 Å². The topological polar surface area (TPSA) is 94.3 Å². The predicted molar refractivity (Wildman–Crippen MR) is 90.0 cm³/mol. The number of ether oxygens (including phenoxy) is 1. The Morgan fingerprint density at radius 3 is 2.56 bits per heavy atom. The quantitative estimate of drug-likeness (QED) is 0.527. The Bertz CT molecular complexity index is 995. The molecule has 0 bridgehead atoms. The first-order chi connectivity index (χ1) is 12.9. The second kappa shape index (κ2) is 7.92. The first kappa shape index (κ1) is 18.5. The van der Waals surface area contributed by atoms with Crippen molar-refractivity contribution >= 4 is 29.5 Å². The van der Waals surface area contributed by atoms with Gasteiger partial charge in [0.25, 0.3) is 5.91 Å². The van der Waals surface area contributed by atoms with Gasteiger partial charge in [-0.2, -0.15) is 0 Å². The van der Waals surface area contributed by atoms with Gasteiger partial charge in [0.15, 0.2) is 18.2 Å². The van der Waals surface area contributed by atoms with Crippen molar-refractivity contribution in [3.63, 3.8) is 0 Å². The number of nitrogens with one attached hydrogen (secondary N) is 1. The number of carbonyl (C=O) groups is 2. The van der Waals surface area contributed by atoms with Crippen LogP contribution >= 0.6 is 11.6 Å². The second-order valence-electron chi connectivity index (χ2n) is 5.15. The van der Waals surface area contributed by atoms with E-state index in [2.05, 4.69) is 15.5 Å². The summed E-state index contributed by atoms with van der Waals surface area (Å²) in [5.74, 6) is -4.15. The minimum Gasteiger partial charge on any atom is -0.452 e. The molecule has 10 heteroatoms. The Kier molecular flexibility index (Phi) is 5.41. The molecule has 0 radical (unpaired) electrons. The first-order valence-electron chi connectivity index (χ1n) is 7.44. The zero-order valence-corrected chi connectivity index (χ0v) is 14.2. The summed E-state index contributed by atoms with van der Waals surface area (Å²) in [5, 5.41) is 9.34. The van der Waals surface area contributed by atoms with Crippen molar-refractivity contribution in [3.05, 3.63) is 64.7 Å². The number of esters is 1. The van der Waals surface area contributed by atoms with Crippen molar-refractivity contribution in [2.75, 3.05) is 11.9 Å². The molecule has 0 spiro atoms. The Balaban J connectivity index is 1.58. The molecule has 0 aliphatic rings. The standard InChI is InChI=1S/C17H10ClF2N3O4/c18-11-7-13(20)12(19)6-10(11)16(25)26-8-14(24)21-17-23-22-15(27-17)9-4-2-1-3-5-9/h1-7H,8H2,(H,21,23,24). The summed E-state index contributed by atoms with van der Waals surface area (Å²) in [5.41, 5.74) is 0.248. The number of hydrogen-bond acceptors (Lipinski definition) is 6. The van der Waals surface area contributed by atoms with E-state index in [1.54, 1.807) is 24.3 Å². The highest BCUT2D eigenvalue weighted by Gasteiger charge is 2.18. The SMILES string of the molecule is O=C(COC(=O)c1cc(F)c(F)cc1Cl)Nc1nnc(-c2ccccc2)o1. The van der Waals surface area contributed by atoms with Crippen molar-refractivity contribution in [2.45, 2.75) is 0 Å². The summed E-state index contributed by atoms with van der Waals surface area (Å²) in [7, 11) is 0. The number of halogens is 3. The van der Waals surface area contributed by atoms with Crippen molar-refractivity contribution < 1.29 is 27.5 Å². The summed E-state index contributed by atoms with van der Waals surface area (Å²) in [6.07, 6.45) is 0. The third-order valence-corrected chi connectivity index (χ3v) is 3.57. The molecule has 1 amide bonds. The molecule has 0 saturated heterocycles. The number of carbonyl (C=O) groups excluding carboxylic acids is 2. The fraction of sp³-hybridized carbons (Fsp3) is 0.0588. The van der Waals surface area contributed by atoms with Crippen LogP contribution in [0.4, 0.5) is 14.8 Å². The van der Waals surface area contributed by atoms with Crippen LogP contribution in [0.15, 0.2) is 46.9 Å². The fourth-order valence-corrected chi connectivity index (χ4v) is 2.24. The number of hydrogen-bond donors (Lipinski definition) is 1. The minimum absolute atomic E-state index is 0.191. The molecule has 2 aromatic carbocycles. The highest BCUT2D eigenvalue weighted by atomic mass is 35.5. The Labute approximate surface area is 155 Å². The molecule has 3 rings (SSSR count). The Morgan fingerprint density at radius 1 is 1.11 bits per heavy atom. The summed E-state index contributed by atoms with van der Waals surface area (Å²) >= 11 is 5.66. The molecule has 27 heavy (non-hydrogen) atoms. The lowest BCUT2D eigenvalue weighted by atomic mass is 10.2. The molecule has 0 fully saturated rings. The molecule has 138 valence electrons. The largest absolute Gasteiger partial charge is 0.452 e. The monoisotopic (exact) mass is 393 g/mol. The van der Waals surface area contributed by atoms with Gasteiger partial charge in [0, 0.05) is 5.56 Å². The van der Waals surface area contributed by atoms with Gasteiger partial charge in [-0.15, -0.1) is 5.10 Å². The molecule has 1 N–H and O–H groups in total. The first-order valence-corrected chi connectivity index (χ1v) is 7.82. The van der Waals surface area contributed by atoms with Gasteiger partial charge in [-0.3, -0.25) is 10.1 Å². The molecule has 0 aliphatic heterocycles. The van der Waals surface area contributed by atoms with E-state index in [4.69, 9.17) is 20.8 Å². The van der Waals surface area contributed by atoms with Crippen molar-refractivity contribution in [2.24, 2.45) is 0 Å². The molecule has 3 aromatic rings. The highest BCUT2D eigenvalue weighted by molar-refractivity contribution is 6.33. The van der Waals surface area contributed by atoms with Crippen LogP contribution in [0.5, 0.6) is 0 Å². The van der Waals surface area contributed by atoms with Gasteiger partial charge in [0.1, 0.15) is 0 Å². The molecule has 0 aliphatic carbocycles. The van der Waals surface area contributed by atoms with Gasteiger partial charge < -0.3 is 9.15 Å². The number of nitrogens with zero attached hydrogens (tertiary/aromatic N) is 2. The van der Waals surface area contributed by atoms with E-state index in [9.17, 15) is 18.4 Å². The van der Waals surface area contributed by atoms with E-state index < -0.39 is 35.7 Å². The molecule has 7 nitrogen and oxygen atoms in total. The van der Waals surface area contributed by atoms with Gasteiger partial charge in [-0.05, 0) is 24.3 Å². The third kappa shape index (κ3) is 4.45. The van der Waals surface area contributed by atoms with Crippen LogP contribution in [0.25, 0.3) is 11.5 Å². The van der Waals surface area contributed by atoms with Gasteiger partial charge in [-0.1, -0.05) is 34.9 Å². The maximum Gasteiger partial charge on any atom is 0.340 e. The highest BCUT2D eigenvalue weighted by Crippen LogP contribution is 2.21. The maximum absolute atomic E-state index is 13.2. The van der Waals surface area contributed by atoms with E-state index in [-0.39, 0.29) is 16.9 Å². The lowest BCUT2D eigenvalue weighted by molar-refractivity contribution is -0.119. The number of amides is 1. The molecular formula is C17H10ClF2N3O4. The average molecular weight is 394 g/mol. The molecule has 1 aromatic heterocycles. The maximum atomic E-state index is 13.2. The van der Waals surface area contributed by atoms with E-state index in [1.807, 2.05) is 6.07 Å². The van der Waals surface area contributed by atoms with Crippen molar-refractivity contribution in [3.8, 4) is 11.5 Å². The zero-order chi connectivity index (χ0) is 19.4. The lowest BCUT2D eigenvalue weighted by Gasteiger charge is -2.06. The number of aromatic nitrogens is 2. The van der Waals surface area contributed by atoms with Crippen LogP contribution in [0.3, 0.4) is 0 Å². The van der Waals surface area contributed by atoms with Crippen LogP contribution in [-0.4, -0.2) is 28.7 Å². The summed E-state index contributed by atoms with van der Waals surface area (Å²) < 4.78 is 36.2. The smallest absolute Gasteiger partial charge is 0.340 e. The third-order valence-electron chi connectivity index (χ3n) is 3.26. The van der Waals surface area contributed by atoms with Crippen LogP contribution in [0, 0.1) is 11.6 Å². The lowest BCUT2D eigenvalue weighted by Crippen LogP contribution is -2.21. The minimum atomic E-state index is -1.27. The van der Waals surface area contributed by atoms with E-state index in [1.165, 1.54) is 0 Å². The molecule has 0 atom stereocenters. The molecule has 0 saturated carbocycles. The van der Waals surface area contributed by atoms with E-state index >= 15 is 0 Å². The van der Waals surface area contributed by atoms with Crippen molar-refractivity contribution in [1.82, 2.24) is 10.2 Å². The second-order valence-corrected chi connectivity index (χ2v) is 5.56. The normalized spacial score (nSPS) is 10.5. The summed E-state index contributed by atoms with van der Waals surface area (Å²) in [6.45, 7) is -0.725. The average Bonchev–Trinajstić information content (AvgIpc) is 3.12. The molecular weight excluding hydrogens is 384 g/mol. The fourth-order valence-electron chi connectivity index (χ4n) is 2.01. The van der Waals surface area contributed by atoms with Crippen LogP contribution in [0.2, 0.25) is 5.02 Å². The van der Waals surface area contributed by atoms with Crippen LogP contribution < -0.4 is 5.32 Å². The summed E-state index contributed by atoms with van der Waals surface area (Å²) in [4.78, 5) is 23.7. The van der Waals surface area contributed by atoms with Gasteiger partial charge in [0.05, 0.1) is 10.6 Å². The molecule has 1 heterocycles. The Morgan fingerprint density at radius 2 is 1.81 bits per heavy atom. The summed E-state index contributed by atoms with van der Waals surface area (Å²) in [6, 6.07) is 9.89. The molecule has 0 unspecified atom stereocenters. The van der Waals surface area contributed by atoms with Gasteiger partial charge >= 0.3 is 12.0 Å². The van der Waals surface area contributed by atoms with Crippen LogP contribution in [0.1, 0.15) is 10.4 Å². The Hall–Kier alpha value is -3.33. The zero-order valence-electron chi connectivity index (χ0n) is 13.4. The van der Waals surface area contributed by atoms with Gasteiger partial charge in [0.2, 0.25) is 5.89 Å². The van der Waals surface area contributed by atoms with Crippen molar-refractivity contribution in [1.29, 1.82) is 0 Å². The predicted octanol–water partition coefficient (Wildman–Crippen LogP) is 3.46. The van der Waals surface area contributed by atoms with E-state index in [0.29, 0.717) is 17.7 Å². The number of benzene rings is 2. The number of anilines is 1. The number of rotatable bonds is 5. The van der Waals surface area contributed by atoms with Crippen LogP contribution in [-0.2, 0) is 9.53 Å².